The molecule has 0 bridgehead atoms. The molecular formula is C8H13N3O. The maximum Gasteiger partial charge on any atom is 0.317 e. The predicted octanol–water partition coefficient (Wildman–Crippen LogP) is 1.31. The van der Waals surface area contributed by atoms with E-state index in [1.165, 1.54) is 19.2 Å². The third-order valence-electron chi connectivity index (χ3n) is 1.61. The summed E-state index contributed by atoms with van der Waals surface area (Å²) in [6.07, 6.45) is 5.58. The highest BCUT2D eigenvalue weighted by atomic mass is 16.3. The average Bonchev–Trinajstić information content (AvgIpc) is 2.05. The van der Waals surface area contributed by atoms with Gasteiger partial charge in [-0.15, -0.1) is 0 Å². The van der Waals surface area contributed by atoms with Gasteiger partial charge in [-0.2, -0.15) is 9.97 Å². The van der Waals surface area contributed by atoms with Gasteiger partial charge in [-0.25, -0.2) is 4.98 Å². The van der Waals surface area contributed by atoms with Crippen LogP contribution in [0.3, 0.4) is 0 Å². The lowest BCUT2D eigenvalue weighted by Crippen LogP contribution is -1.95. The van der Waals surface area contributed by atoms with Crippen molar-refractivity contribution in [3.05, 3.63) is 12.2 Å². The first-order valence-corrected chi connectivity index (χ1v) is 4.20. The maximum atomic E-state index is 8.91. The Kier molecular flexibility index (Phi) is 3.44. The van der Waals surface area contributed by atoms with E-state index >= 15 is 0 Å². The predicted molar refractivity (Wildman–Crippen MR) is 44.7 cm³/mol. The van der Waals surface area contributed by atoms with Crippen molar-refractivity contribution in [2.45, 2.75) is 32.6 Å². The van der Waals surface area contributed by atoms with Crippen molar-refractivity contribution in [1.29, 1.82) is 0 Å². The summed E-state index contributed by atoms with van der Waals surface area (Å²) in [5.74, 6) is 0.677. The highest BCUT2D eigenvalue weighted by molar-refractivity contribution is 4.92. The summed E-state index contributed by atoms with van der Waals surface area (Å²) in [5.41, 5.74) is 0. The van der Waals surface area contributed by atoms with Gasteiger partial charge in [-0.05, 0) is 6.42 Å². The van der Waals surface area contributed by atoms with Crippen LogP contribution in [0.1, 0.15) is 32.0 Å². The van der Waals surface area contributed by atoms with Gasteiger partial charge in [0, 0.05) is 6.42 Å². The van der Waals surface area contributed by atoms with Gasteiger partial charge in [-0.1, -0.05) is 19.8 Å². The van der Waals surface area contributed by atoms with E-state index in [1.807, 2.05) is 0 Å². The van der Waals surface area contributed by atoms with Gasteiger partial charge in [-0.3, -0.25) is 0 Å². The largest absolute Gasteiger partial charge is 0.479 e. The molecule has 0 aliphatic heterocycles. The summed E-state index contributed by atoms with van der Waals surface area (Å²) in [7, 11) is 0. The third kappa shape index (κ3) is 2.82. The van der Waals surface area contributed by atoms with E-state index < -0.39 is 0 Å². The summed E-state index contributed by atoms with van der Waals surface area (Å²) < 4.78 is 0. The lowest BCUT2D eigenvalue weighted by Gasteiger charge is -1.97. The summed E-state index contributed by atoms with van der Waals surface area (Å²) in [6, 6.07) is -0.184. The van der Waals surface area contributed by atoms with Crippen LogP contribution in [0.25, 0.3) is 0 Å². The number of aromatic nitrogens is 3. The number of unbranched alkanes of at least 4 members (excludes halogenated alkanes) is 2. The average molecular weight is 167 g/mol. The molecule has 4 heteroatoms. The van der Waals surface area contributed by atoms with Crippen LogP contribution in [-0.4, -0.2) is 20.1 Å². The number of hydrogen-bond donors (Lipinski definition) is 1. The molecule has 66 valence electrons. The minimum Gasteiger partial charge on any atom is -0.479 e. The van der Waals surface area contributed by atoms with E-state index in [0.29, 0.717) is 5.82 Å². The van der Waals surface area contributed by atoms with Crippen LogP contribution in [-0.2, 0) is 6.42 Å². The van der Waals surface area contributed by atoms with Gasteiger partial charge >= 0.3 is 6.01 Å². The van der Waals surface area contributed by atoms with Crippen molar-refractivity contribution < 1.29 is 5.11 Å². The van der Waals surface area contributed by atoms with Crippen LogP contribution in [0.15, 0.2) is 6.33 Å². The standard InChI is InChI=1S/C8H13N3O/c1-2-3-4-5-7-9-6-10-8(12)11-7/h6H,2-5H2,1H3,(H,9,10,11,12). The number of nitrogens with zero attached hydrogens (tertiary/aromatic N) is 3. The van der Waals surface area contributed by atoms with Crippen LogP contribution in [0.4, 0.5) is 0 Å². The van der Waals surface area contributed by atoms with Crippen LogP contribution in [0.5, 0.6) is 6.01 Å². The Morgan fingerprint density at radius 1 is 1.33 bits per heavy atom. The maximum absolute atomic E-state index is 8.91. The second-order valence-corrected chi connectivity index (χ2v) is 2.66. The Bertz CT molecular complexity index is 239. The van der Waals surface area contributed by atoms with Crippen molar-refractivity contribution in [1.82, 2.24) is 15.0 Å². The van der Waals surface area contributed by atoms with Gasteiger partial charge in [0.15, 0.2) is 0 Å². The zero-order chi connectivity index (χ0) is 8.81. The SMILES string of the molecule is CCCCCc1ncnc(O)n1. The van der Waals surface area contributed by atoms with Crippen molar-refractivity contribution in [2.24, 2.45) is 0 Å². The van der Waals surface area contributed by atoms with Crippen molar-refractivity contribution in [2.75, 3.05) is 0 Å². The van der Waals surface area contributed by atoms with Crippen molar-refractivity contribution >= 4 is 0 Å². The molecule has 0 unspecified atom stereocenters. The second kappa shape index (κ2) is 4.64. The van der Waals surface area contributed by atoms with E-state index in [0.717, 1.165) is 12.8 Å². The summed E-state index contributed by atoms with van der Waals surface area (Å²) in [6.45, 7) is 2.14. The van der Waals surface area contributed by atoms with E-state index in [1.54, 1.807) is 0 Å². The van der Waals surface area contributed by atoms with Crippen LogP contribution in [0.2, 0.25) is 0 Å². The number of aryl methyl sites for hydroxylation is 1. The first-order chi connectivity index (χ1) is 5.83. The van der Waals surface area contributed by atoms with Crippen LogP contribution >= 0.6 is 0 Å². The van der Waals surface area contributed by atoms with E-state index in [-0.39, 0.29) is 6.01 Å². The Morgan fingerprint density at radius 3 is 2.83 bits per heavy atom. The molecule has 1 aromatic rings. The molecule has 1 rings (SSSR count). The minimum absolute atomic E-state index is 0.184. The zero-order valence-electron chi connectivity index (χ0n) is 7.19. The van der Waals surface area contributed by atoms with Gasteiger partial charge in [0.25, 0.3) is 0 Å². The number of hydrogen-bond acceptors (Lipinski definition) is 4. The monoisotopic (exact) mass is 167 g/mol. The molecule has 0 radical (unpaired) electrons. The normalized spacial score (nSPS) is 10.1. The summed E-state index contributed by atoms with van der Waals surface area (Å²) in [5, 5.41) is 8.91. The van der Waals surface area contributed by atoms with Gasteiger partial charge in [0.05, 0.1) is 0 Å². The quantitative estimate of drug-likeness (QED) is 0.687. The Hall–Kier alpha value is -1.19. The van der Waals surface area contributed by atoms with Crippen molar-refractivity contribution in [3.8, 4) is 6.01 Å². The minimum atomic E-state index is -0.184. The first kappa shape index (κ1) is 8.90. The lowest BCUT2D eigenvalue weighted by atomic mass is 10.2. The molecule has 0 fully saturated rings. The van der Waals surface area contributed by atoms with E-state index in [4.69, 9.17) is 5.11 Å². The van der Waals surface area contributed by atoms with Crippen molar-refractivity contribution in [3.63, 3.8) is 0 Å². The van der Waals surface area contributed by atoms with Gasteiger partial charge < -0.3 is 5.11 Å². The molecule has 0 spiro atoms. The van der Waals surface area contributed by atoms with Crippen LogP contribution < -0.4 is 0 Å². The molecule has 0 aliphatic rings. The van der Waals surface area contributed by atoms with E-state index in [9.17, 15) is 0 Å². The fourth-order valence-corrected chi connectivity index (χ4v) is 0.974. The Morgan fingerprint density at radius 2 is 2.17 bits per heavy atom. The van der Waals surface area contributed by atoms with Gasteiger partial charge in [0.2, 0.25) is 0 Å². The summed E-state index contributed by atoms with van der Waals surface area (Å²) in [4.78, 5) is 11.2. The fraction of sp³-hybridized carbons (Fsp3) is 0.625. The number of aromatic hydroxyl groups is 1. The molecule has 0 aliphatic carbocycles. The second-order valence-electron chi connectivity index (χ2n) is 2.66. The molecule has 1 N–H and O–H groups in total. The molecule has 0 atom stereocenters. The summed E-state index contributed by atoms with van der Waals surface area (Å²) >= 11 is 0. The van der Waals surface area contributed by atoms with Gasteiger partial charge in [0.1, 0.15) is 12.2 Å². The topological polar surface area (TPSA) is 58.9 Å². The fourth-order valence-electron chi connectivity index (χ4n) is 0.974. The van der Waals surface area contributed by atoms with Crippen LogP contribution in [0, 0.1) is 0 Å². The molecule has 0 amide bonds. The molecule has 4 nitrogen and oxygen atoms in total. The Labute approximate surface area is 71.7 Å². The molecule has 1 heterocycles. The molecular weight excluding hydrogens is 154 g/mol. The Balaban J connectivity index is 2.41. The van der Waals surface area contributed by atoms with E-state index in [2.05, 4.69) is 21.9 Å². The zero-order valence-corrected chi connectivity index (χ0v) is 7.19. The molecule has 1 aromatic heterocycles. The first-order valence-electron chi connectivity index (χ1n) is 4.20. The molecule has 12 heavy (non-hydrogen) atoms. The smallest absolute Gasteiger partial charge is 0.317 e. The molecule has 0 saturated heterocycles. The number of rotatable bonds is 4. The highest BCUT2D eigenvalue weighted by Gasteiger charge is 1.97. The highest BCUT2D eigenvalue weighted by Crippen LogP contribution is 2.02. The molecule has 0 aromatic carbocycles. The third-order valence-corrected chi connectivity index (χ3v) is 1.61. The lowest BCUT2D eigenvalue weighted by molar-refractivity contribution is 0.423. The molecule has 0 saturated carbocycles.